The van der Waals surface area contributed by atoms with Gasteiger partial charge in [0.15, 0.2) is 0 Å². The van der Waals surface area contributed by atoms with Crippen LogP contribution in [0.3, 0.4) is 0 Å². The van der Waals surface area contributed by atoms with Crippen LogP contribution in [0.1, 0.15) is 17.3 Å². The first-order chi connectivity index (χ1) is 14.2. The van der Waals surface area contributed by atoms with Crippen molar-refractivity contribution in [2.75, 3.05) is 74.1 Å². The molecule has 4 rings (SSSR count). The van der Waals surface area contributed by atoms with E-state index in [1.807, 2.05) is 36.4 Å². The highest BCUT2D eigenvalue weighted by molar-refractivity contribution is 6.05. The van der Waals surface area contributed by atoms with E-state index in [0.29, 0.717) is 18.8 Å². The third-order valence-electron chi connectivity index (χ3n) is 5.66. The van der Waals surface area contributed by atoms with Crippen LogP contribution in [-0.2, 0) is 4.74 Å². The van der Waals surface area contributed by atoms with Crippen molar-refractivity contribution >= 4 is 23.1 Å². The topological polar surface area (TPSA) is 60.9 Å². The molecule has 7 nitrogen and oxygen atoms in total. The highest BCUT2D eigenvalue weighted by Gasteiger charge is 2.18. The number of morpholine rings is 1. The lowest BCUT2D eigenvalue weighted by atomic mass is 10.2. The molecule has 0 aliphatic carbocycles. The summed E-state index contributed by atoms with van der Waals surface area (Å²) in [5, 5.41) is 3.05. The third kappa shape index (κ3) is 4.68. The second-order valence-corrected chi connectivity index (χ2v) is 7.40. The number of anilines is 3. The number of ether oxygens (including phenoxy) is 1. The highest BCUT2D eigenvalue weighted by atomic mass is 16.5. The van der Waals surface area contributed by atoms with Crippen molar-refractivity contribution in [3.63, 3.8) is 0 Å². The number of nitrogens with zero attached hydrogens (tertiary/aromatic N) is 4. The van der Waals surface area contributed by atoms with E-state index in [4.69, 9.17) is 4.74 Å². The molecule has 0 unspecified atom stereocenters. The summed E-state index contributed by atoms with van der Waals surface area (Å²) in [6.07, 6.45) is 1.67. The number of carbonyl (C=O) groups is 1. The van der Waals surface area contributed by atoms with E-state index in [1.165, 1.54) is 0 Å². The lowest BCUT2D eigenvalue weighted by molar-refractivity contribution is 0.102. The minimum atomic E-state index is -0.138. The molecule has 2 aromatic rings. The van der Waals surface area contributed by atoms with Crippen LogP contribution >= 0.6 is 0 Å². The Labute approximate surface area is 172 Å². The fraction of sp³-hybridized carbons (Fsp3) is 0.455. The highest BCUT2D eigenvalue weighted by Crippen LogP contribution is 2.27. The Morgan fingerprint density at radius 3 is 2.45 bits per heavy atom. The monoisotopic (exact) mass is 395 g/mol. The Morgan fingerprint density at radius 1 is 1.00 bits per heavy atom. The largest absolute Gasteiger partial charge is 0.378 e. The van der Waals surface area contributed by atoms with Crippen LogP contribution in [0, 0.1) is 0 Å². The number of pyridine rings is 1. The maximum atomic E-state index is 12.8. The number of piperazine rings is 1. The smallest absolute Gasteiger partial charge is 0.257 e. The van der Waals surface area contributed by atoms with Gasteiger partial charge in [-0.25, -0.2) is 4.98 Å². The number of nitrogens with one attached hydrogen (secondary N) is 1. The predicted molar refractivity (Wildman–Crippen MR) is 116 cm³/mol. The molecule has 0 bridgehead atoms. The van der Waals surface area contributed by atoms with Gasteiger partial charge in [-0.2, -0.15) is 0 Å². The van der Waals surface area contributed by atoms with Crippen molar-refractivity contribution in [1.29, 1.82) is 0 Å². The van der Waals surface area contributed by atoms with E-state index in [1.54, 1.807) is 6.20 Å². The van der Waals surface area contributed by atoms with Crippen LogP contribution in [0.25, 0.3) is 0 Å². The molecule has 0 spiro atoms. The predicted octanol–water partition coefficient (Wildman–Crippen LogP) is 2.31. The summed E-state index contributed by atoms with van der Waals surface area (Å²) >= 11 is 0. The summed E-state index contributed by atoms with van der Waals surface area (Å²) in [5.74, 6) is 0.798. The Hall–Kier alpha value is -2.64. The number of hydrogen-bond donors (Lipinski definition) is 1. The number of rotatable bonds is 5. The Balaban J connectivity index is 1.42. The molecule has 2 saturated heterocycles. The fourth-order valence-corrected chi connectivity index (χ4v) is 3.85. The van der Waals surface area contributed by atoms with Gasteiger partial charge in [-0.15, -0.1) is 0 Å². The van der Waals surface area contributed by atoms with Gasteiger partial charge in [0.05, 0.1) is 30.2 Å². The SMILES string of the molecule is CCN1CCN(c2ccc(C(=O)Nc3ccccc3N3CCOCC3)cn2)CC1. The van der Waals surface area contributed by atoms with Crippen LogP contribution in [0.2, 0.25) is 0 Å². The number of likely N-dealkylation sites (N-methyl/N-ethyl adjacent to an activating group) is 1. The molecule has 0 radical (unpaired) electrons. The number of carbonyl (C=O) groups excluding carboxylic acids is 1. The Kier molecular flexibility index (Phi) is 6.27. The second-order valence-electron chi connectivity index (χ2n) is 7.40. The van der Waals surface area contributed by atoms with Gasteiger partial charge >= 0.3 is 0 Å². The molecule has 0 saturated carbocycles. The van der Waals surface area contributed by atoms with Crippen LogP contribution in [0.4, 0.5) is 17.2 Å². The van der Waals surface area contributed by atoms with Crippen molar-refractivity contribution in [1.82, 2.24) is 9.88 Å². The van der Waals surface area contributed by atoms with Crippen LogP contribution in [0.15, 0.2) is 42.6 Å². The van der Waals surface area contributed by atoms with E-state index in [-0.39, 0.29) is 5.91 Å². The molecule has 154 valence electrons. The van der Waals surface area contributed by atoms with Crippen molar-refractivity contribution in [2.45, 2.75) is 6.92 Å². The van der Waals surface area contributed by atoms with Crippen molar-refractivity contribution in [3.05, 3.63) is 48.2 Å². The molecular formula is C22H29N5O2. The zero-order chi connectivity index (χ0) is 20.1. The first-order valence-electron chi connectivity index (χ1n) is 10.4. The normalized spacial score (nSPS) is 18.0. The second kappa shape index (κ2) is 9.24. The lowest BCUT2D eigenvalue weighted by Crippen LogP contribution is -2.46. The Bertz CT molecular complexity index is 812. The molecule has 29 heavy (non-hydrogen) atoms. The molecule has 3 heterocycles. The minimum Gasteiger partial charge on any atom is -0.378 e. The zero-order valence-electron chi connectivity index (χ0n) is 17.0. The van der Waals surface area contributed by atoms with E-state index < -0.39 is 0 Å². The maximum absolute atomic E-state index is 12.8. The molecule has 2 fully saturated rings. The summed E-state index contributed by atoms with van der Waals surface area (Å²) in [6, 6.07) is 11.7. The Morgan fingerprint density at radius 2 is 1.76 bits per heavy atom. The molecule has 0 atom stereocenters. The quantitative estimate of drug-likeness (QED) is 0.838. The minimum absolute atomic E-state index is 0.138. The molecule has 1 N–H and O–H groups in total. The average molecular weight is 396 g/mol. The number of hydrogen-bond acceptors (Lipinski definition) is 6. The van der Waals surface area contributed by atoms with Gasteiger partial charge in [0.2, 0.25) is 0 Å². The third-order valence-corrected chi connectivity index (χ3v) is 5.66. The average Bonchev–Trinajstić information content (AvgIpc) is 2.80. The van der Waals surface area contributed by atoms with Crippen LogP contribution in [-0.4, -0.2) is 74.8 Å². The van der Waals surface area contributed by atoms with Gasteiger partial charge in [-0.3, -0.25) is 4.79 Å². The number of aromatic nitrogens is 1. The van der Waals surface area contributed by atoms with Crippen LogP contribution in [0.5, 0.6) is 0 Å². The summed E-state index contributed by atoms with van der Waals surface area (Å²) in [5.41, 5.74) is 2.42. The van der Waals surface area contributed by atoms with Gasteiger partial charge in [0, 0.05) is 45.5 Å². The van der Waals surface area contributed by atoms with Gasteiger partial charge in [-0.1, -0.05) is 19.1 Å². The van der Waals surface area contributed by atoms with Gasteiger partial charge in [0.25, 0.3) is 5.91 Å². The molecule has 2 aliphatic heterocycles. The summed E-state index contributed by atoms with van der Waals surface area (Å²) in [4.78, 5) is 24.3. The number of amides is 1. The summed E-state index contributed by atoms with van der Waals surface area (Å²) in [6.45, 7) is 10.4. The van der Waals surface area contributed by atoms with Gasteiger partial charge in [-0.05, 0) is 30.8 Å². The fourth-order valence-electron chi connectivity index (χ4n) is 3.85. The van der Waals surface area contributed by atoms with Crippen molar-refractivity contribution in [3.8, 4) is 0 Å². The van der Waals surface area contributed by atoms with Crippen molar-refractivity contribution < 1.29 is 9.53 Å². The van der Waals surface area contributed by atoms with Gasteiger partial charge < -0.3 is 24.8 Å². The van der Waals surface area contributed by atoms with E-state index in [9.17, 15) is 4.79 Å². The van der Waals surface area contributed by atoms with E-state index in [0.717, 1.165) is 63.0 Å². The molecule has 1 aromatic heterocycles. The van der Waals surface area contributed by atoms with E-state index >= 15 is 0 Å². The van der Waals surface area contributed by atoms with Gasteiger partial charge in [0.1, 0.15) is 5.82 Å². The number of benzene rings is 1. The van der Waals surface area contributed by atoms with Crippen molar-refractivity contribution in [2.24, 2.45) is 0 Å². The molecule has 1 amide bonds. The molecule has 2 aliphatic rings. The first kappa shape index (κ1) is 19.7. The maximum Gasteiger partial charge on any atom is 0.257 e. The number of para-hydroxylation sites is 2. The van der Waals surface area contributed by atoms with Crippen LogP contribution < -0.4 is 15.1 Å². The standard InChI is InChI=1S/C22H29N5O2/c1-2-25-9-11-27(12-10-25)21-8-7-18(17-23-21)22(28)24-19-5-3-4-6-20(19)26-13-15-29-16-14-26/h3-8,17H,2,9-16H2,1H3,(H,24,28). The summed E-state index contributed by atoms with van der Waals surface area (Å²) in [7, 11) is 0. The lowest BCUT2D eigenvalue weighted by Gasteiger charge is -2.34. The zero-order valence-corrected chi connectivity index (χ0v) is 17.0. The first-order valence-corrected chi connectivity index (χ1v) is 10.4. The molecule has 7 heteroatoms. The molecular weight excluding hydrogens is 366 g/mol. The molecule has 1 aromatic carbocycles. The summed E-state index contributed by atoms with van der Waals surface area (Å²) < 4.78 is 5.44. The van der Waals surface area contributed by atoms with E-state index in [2.05, 4.69) is 31.9 Å².